The van der Waals surface area contributed by atoms with Gasteiger partial charge in [-0.15, -0.1) is 0 Å². The quantitative estimate of drug-likeness (QED) is 0.682. The highest BCUT2D eigenvalue weighted by molar-refractivity contribution is 7.89. The van der Waals surface area contributed by atoms with Gasteiger partial charge in [0.05, 0.1) is 21.2 Å². The lowest BCUT2D eigenvalue weighted by atomic mass is 10.1. The number of ether oxygens (including phenoxy) is 1. The Bertz CT molecular complexity index is 1050. The molecule has 1 heterocycles. The monoisotopic (exact) mass is 423 g/mol. The molecule has 2 aromatic rings. The average molecular weight is 424 g/mol. The van der Waals surface area contributed by atoms with Crippen LogP contribution in [0.5, 0.6) is 0 Å². The van der Waals surface area contributed by atoms with Gasteiger partial charge in [0.1, 0.15) is 6.61 Å². The number of carbonyl (C=O) groups is 2. The van der Waals surface area contributed by atoms with E-state index in [9.17, 15) is 18.0 Å². The minimum Gasteiger partial charge on any atom is -0.444 e. The number of halogens is 1. The van der Waals surface area contributed by atoms with Crippen LogP contribution in [-0.4, -0.2) is 26.5 Å². The van der Waals surface area contributed by atoms with Crippen molar-refractivity contribution in [1.29, 1.82) is 0 Å². The van der Waals surface area contributed by atoms with Crippen LogP contribution in [0.2, 0.25) is 5.02 Å². The van der Waals surface area contributed by atoms with Crippen LogP contribution in [0.3, 0.4) is 0 Å². The van der Waals surface area contributed by atoms with E-state index in [4.69, 9.17) is 16.3 Å². The van der Waals surface area contributed by atoms with Gasteiger partial charge in [0.25, 0.3) is 5.91 Å². The second-order valence-electron chi connectivity index (χ2n) is 6.44. The Labute approximate surface area is 167 Å². The number of anilines is 2. The van der Waals surface area contributed by atoms with Gasteiger partial charge in [-0.1, -0.05) is 17.7 Å². The zero-order valence-electron chi connectivity index (χ0n) is 15.1. The van der Waals surface area contributed by atoms with Crippen molar-refractivity contribution in [3.63, 3.8) is 0 Å². The summed E-state index contributed by atoms with van der Waals surface area (Å²) in [4.78, 5) is 23.9. The van der Waals surface area contributed by atoms with Gasteiger partial charge in [-0.3, -0.25) is 10.1 Å². The van der Waals surface area contributed by atoms with Gasteiger partial charge in [0, 0.05) is 17.3 Å². The van der Waals surface area contributed by atoms with Gasteiger partial charge in [-0.25, -0.2) is 17.9 Å². The molecule has 0 unspecified atom stereocenters. The first kappa shape index (κ1) is 20.1. The summed E-state index contributed by atoms with van der Waals surface area (Å²) in [5, 5.41) is 5.31. The van der Waals surface area contributed by atoms with E-state index in [1.165, 1.54) is 18.2 Å². The normalized spacial score (nSPS) is 13.5. The lowest BCUT2D eigenvalue weighted by Gasteiger charge is -2.18. The van der Waals surface area contributed by atoms with Crippen molar-refractivity contribution in [2.75, 3.05) is 10.6 Å². The molecule has 1 aliphatic rings. The maximum Gasteiger partial charge on any atom is 0.411 e. The zero-order chi connectivity index (χ0) is 20.5. The molecular weight excluding hydrogens is 406 g/mol. The highest BCUT2D eigenvalue weighted by atomic mass is 35.5. The van der Waals surface area contributed by atoms with Crippen molar-refractivity contribution in [3.05, 3.63) is 52.5 Å². The number of nitrogens with one attached hydrogen (secondary N) is 3. The van der Waals surface area contributed by atoms with E-state index in [1.54, 1.807) is 32.0 Å². The van der Waals surface area contributed by atoms with E-state index < -0.39 is 22.0 Å². The smallest absolute Gasteiger partial charge is 0.411 e. The van der Waals surface area contributed by atoms with Crippen LogP contribution in [0.4, 0.5) is 16.2 Å². The van der Waals surface area contributed by atoms with E-state index in [2.05, 4.69) is 15.4 Å². The molecule has 1 aliphatic heterocycles. The Hall–Kier alpha value is -2.62. The van der Waals surface area contributed by atoms with E-state index in [0.29, 0.717) is 11.4 Å². The average Bonchev–Trinajstić information content (AvgIpc) is 2.60. The van der Waals surface area contributed by atoms with E-state index in [1.807, 2.05) is 0 Å². The summed E-state index contributed by atoms with van der Waals surface area (Å²) >= 11 is 6.10. The van der Waals surface area contributed by atoms with Crippen LogP contribution < -0.4 is 15.4 Å². The minimum atomic E-state index is -3.77. The van der Waals surface area contributed by atoms with Crippen LogP contribution >= 0.6 is 11.6 Å². The van der Waals surface area contributed by atoms with E-state index >= 15 is 0 Å². The SMILES string of the molecule is CC(C)NS(=O)(=O)c1ccc(Cl)c(C(=O)Nc2ccc3c(c2)NC(=O)OC3)c1. The Kier molecular flexibility index (Phi) is 5.59. The maximum absolute atomic E-state index is 12.6. The number of cyclic esters (lactones) is 1. The molecule has 10 heteroatoms. The van der Waals surface area contributed by atoms with Crippen LogP contribution in [0.1, 0.15) is 29.8 Å². The predicted molar refractivity (Wildman–Crippen MR) is 105 cm³/mol. The fourth-order valence-electron chi connectivity index (χ4n) is 2.61. The van der Waals surface area contributed by atoms with Crippen LogP contribution in [0.15, 0.2) is 41.3 Å². The number of amides is 2. The molecule has 0 bridgehead atoms. The highest BCUT2D eigenvalue weighted by Crippen LogP contribution is 2.27. The summed E-state index contributed by atoms with van der Waals surface area (Å²) in [5.74, 6) is -0.579. The number of sulfonamides is 1. The molecule has 0 aromatic heterocycles. The molecule has 0 aliphatic carbocycles. The summed E-state index contributed by atoms with van der Waals surface area (Å²) in [6, 6.07) is 8.55. The maximum atomic E-state index is 12.6. The predicted octanol–water partition coefficient (Wildman–Crippen LogP) is 3.34. The largest absolute Gasteiger partial charge is 0.444 e. The third kappa shape index (κ3) is 4.44. The molecule has 2 aromatic carbocycles. The number of hydrogen-bond donors (Lipinski definition) is 3. The third-order valence-corrected chi connectivity index (χ3v) is 5.83. The standard InChI is InChI=1S/C18H18ClN3O5S/c1-10(2)22-28(25,26)13-5-6-15(19)14(8-13)17(23)20-12-4-3-11-9-27-18(24)21-16(11)7-12/h3-8,10,22H,9H2,1-2H3,(H,20,23)(H,21,24). The van der Waals surface area contributed by atoms with Gasteiger partial charge >= 0.3 is 6.09 Å². The highest BCUT2D eigenvalue weighted by Gasteiger charge is 2.21. The summed E-state index contributed by atoms with van der Waals surface area (Å²) in [5.41, 5.74) is 1.72. The lowest BCUT2D eigenvalue weighted by Crippen LogP contribution is -2.30. The van der Waals surface area contributed by atoms with Gasteiger partial charge in [-0.2, -0.15) is 0 Å². The number of hydrogen-bond acceptors (Lipinski definition) is 5. The Morgan fingerprint density at radius 1 is 1.21 bits per heavy atom. The Morgan fingerprint density at radius 2 is 1.96 bits per heavy atom. The number of rotatable bonds is 5. The number of benzene rings is 2. The summed E-state index contributed by atoms with van der Waals surface area (Å²) in [6.45, 7) is 3.53. The van der Waals surface area contributed by atoms with Gasteiger partial charge in [0.15, 0.2) is 0 Å². The first-order valence-corrected chi connectivity index (χ1v) is 10.2. The molecule has 3 N–H and O–H groups in total. The van der Waals surface area contributed by atoms with Gasteiger partial charge in [-0.05, 0) is 44.2 Å². The lowest BCUT2D eigenvalue weighted by molar-refractivity contribution is 0.102. The van der Waals surface area contributed by atoms with E-state index in [-0.39, 0.29) is 28.1 Å². The zero-order valence-corrected chi connectivity index (χ0v) is 16.6. The minimum absolute atomic E-state index is 0.0124. The molecule has 0 saturated heterocycles. The molecule has 8 nitrogen and oxygen atoms in total. The summed E-state index contributed by atoms with van der Waals surface area (Å²) < 4.78 is 32.0. The second-order valence-corrected chi connectivity index (χ2v) is 8.57. The summed E-state index contributed by atoms with van der Waals surface area (Å²) in [7, 11) is -3.77. The van der Waals surface area contributed by atoms with Gasteiger partial charge < -0.3 is 10.1 Å². The molecule has 0 atom stereocenters. The van der Waals surface area contributed by atoms with Crippen LogP contribution in [0.25, 0.3) is 0 Å². The molecule has 0 fully saturated rings. The molecule has 3 rings (SSSR count). The number of carbonyl (C=O) groups excluding carboxylic acids is 2. The first-order valence-electron chi connectivity index (χ1n) is 8.35. The second kappa shape index (κ2) is 7.78. The molecule has 148 valence electrons. The van der Waals surface area contributed by atoms with Crippen molar-refractivity contribution >= 4 is 45.0 Å². The fraction of sp³-hybridized carbons (Fsp3) is 0.222. The molecule has 0 radical (unpaired) electrons. The molecule has 28 heavy (non-hydrogen) atoms. The molecule has 2 amide bonds. The summed E-state index contributed by atoms with van der Waals surface area (Å²) in [6.07, 6.45) is -0.574. The third-order valence-electron chi connectivity index (χ3n) is 3.85. The molecule has 0 spiro atoms. The van der Waals surface area contributed by atoms with Crippen molar-refractivity contribution in [1.82, 2.24) is 4.72 Å². The van der Waals surface area contributed by atoms with Crippen molar-refractivity contribution in [2.24, 2.45) is 0 Å². The fourth-order valence-corrected chi connectivity index (χ4v) is 4.09. The molecule has 0 saturated carbocycles. The first-order chi connectivity index (χ1) is 13.2. The van der Waals surface area contributed by atoms with Crippen molar-refractivity contribution < 1.29 is 22.7 Å². The Balaban J connectivity index is 1.86. The van der Waals surface area contributed by atoms with Gasteiger partial charge in [0.2, 0.25) is 10.0 Å². The van der Waals surface area contributed by atoms with Crippen molar-refractivity contribution in [2.45, 2.75) is 31.4 Å². The van der Waals surface area contributed by atoms with Crippen molar-refractivity contribution in [3.8, 4) is 0 Å². The molecular formula is C18H18ClN3O5S. The van der Waals surface area contributed by atoms with Crippen LogP contribution in [0, 0.1) is 0 Å². The number of fused-ring (bicyclic) bond motifs is 1. The Morgan fingerprint density at radius 3 is 2.68 bits per heavy atom. The van der Waals surface area contributed by atoms with E-state index in [0.717, 1.165) is 5.56 Å². The van der Waals surface area contributed by atoms with Crippen LogP contribution in [-0.2, 0) is 21.4 Å². The topological polar surface area (TPSA) is 114 Å².